The van der Waals surface area contributed by atoms with Gasteiger partial charge in [-0.2, -0.15) is 5.10 Å². The standard InChI is InChI=1S/C15H19N3O3S/c1-18-9-10(7-17-18)14-16-8-13(22-14)15(19)21-12-6-4-3-5-11(12)20-2/h7-9,11-12H,3-6H2,1-2H3/t11-,12+/m1/s1. The summed E-state index contributed by atoms with van der Waals surface area (Å²) >= 11 is 1.33. The lowest BCUT2D eigenvalue weighted by molar-refractivity contribution is -0.0536. The van der Waals surface area contributed by atoms with Crippen molar-refractivity contribution in [3.05, 3.63) is 23.5 Å². The molecule has 0 aliphatic heterocycles. The summed E-state index contributed by atoms with van der Waals surface area (Å²) in [4.78, 5) is 17.1. The number of carbonyl (C=O) groups is 1. The largest absolute Gasteiger partial charge is 0.455 e. The first-order chi connectivity index (χ1) is 10.7. The molecule has 0 unspecified atom stereocenters. The Hall–Kier alpha value is -1.73. The van der Waals surface area contributed by atoms with E-state index in [0.29, 0.717) is 4.88 Å². The number of aryl methyl sites for hydroxylation is 1. The maximum Gasteiger partial charge on any atom is 0.350 e. The van der Waals surface area contributed by atoms with E-state index >= 15 is 0 Å². The maximum atomic E-state index is 12.3. The zero-order valence-electron chi connectivity index (χ0n) is 12.7. The van der Waals surface area contributed by atoms with Crippen LogP contribution < -0.4 is 0 Å². The van der Waals surface area contributed by atoms with Gasteiger partial charge in [0.25, 0.3) is 0 Å². The van der Waals surface area contributed by atoms with Crippen molar-refractivity contribution in [3.63, 3.8) is 0 Å². The van der Waals surface area contributed by atoms with Crippen LogP contribution in [0, 0.1) is 0 Å². The maximum absolute atomic E-state index is 12.3. The van der Waals surface area contributed by atoms with Crippen molar-refractivity contribution in [3.8, 4) is 10.6 Å². The number of rotatable bonds is 4. The molecule has 6 nitrogen and oxygen atoms in total. The number of aromatic nitrogens is 3. The lowest BCUT2D eigenvalue weighted by Crippen LogP contribution is -2.35. The summed E-state index contributed by atoms with van der Waals surface area (Å²) in [5.41, 5.74) is 0.902. The quantitative estimate of drug-likeness (QED) is 0.810. The first-order valence-electron chi connectivity index (χ1n) is 7.36. The van der Waals surface area contributed by atoms with Gasteiger partial charge >= 0.3 is 5.97 Å². The van der Waals surface area contributed by atoms with E-state index in [4.69, 9.17) is 9.47 Å². The first-order valence-corrected chi connectivity index (χ1v) is 8.17. The molecule has 1 fully saturated rings. The fraction of sp³-hybridized carbons (Fsp3) is 0.533. The molecule has 1 aliphatic carbocycles. The summed E-state index contributed by atoms with van der Waals surface area (Å²) in [5, 5.41) is 4.88. The predicted octanol–water partition coefficient (Wildman–Crippen LogP) is 2.66. The third-order valence-electron chi connectivity index (χ3n) is 3.86. The molecule has 0 N–H and O–H groups in total. The van der Waals surface area contributed by atoms with Crippen LogP contribution in [-0.2, 0) is 16.5 Å². The number of esters is 1. The molecule has 0 radical (unpaired) electrons. The average Bonchev–Trinajstić information content (AvgIpc) is 3.16. The Morgan fingerprint density at radius 2 is 2.09 bits per heavy atom. The molecule has 1 aliphatic rings. The van der Waals surface area contributed by atoms with Crippen molar-refractivity contribution in [2.75, 3.05) is 7.11 Å². The molecule has 22 heavy (non-hydrogen) atoms. The van der Waals surface area contributed by atoms with Gasteiger partial charge in [0.15, 0.2) is 0 Å². The van der Waals surface area contributed by atoms with Crippen molar-refractivity contribution in [2.24, 2.45) is 7.05 Å². The fourth-order valence-corrected chi connectivity index (χ4v) is 3.47. The Morgan fingerprint density at radius 3 is 2.77 bits per heavy atom. The third kappa shape index (κ3) is 3.20. The number of hydrogen-bond acceptors (Lipinski definition) is 6. The van der Waals surface area contributed by atoms with Crippen molar-refractivity contribution in [1.82, 2.24) is 14.8 Å². The topological polar surface area (TPSA) is 66.2 Å². The second kappa shape index (κ2) is 6.58. The number of thiazole rings is 1. The van der Waals surface area contributed by atoms with Gasteiger partial charge in [-0.15, -0.1) is 11.3 Å². The van der Waals surface area contributed by atoms with Gasteiger partial charge in [0.2, 0.25) is 0 Å². The van der Waals surface area contributed by atoms with Gasteiger partial charge in [0, 0.05) is 25.9 Å². The molecule has 0 bridgehead atoms. The zero-order chi connectivity index (χ0) is 15.5. The second-order valence-electron chi connectivity index (χ2n) is 5.43. The van der Waals surface area contributed by atoms with Gasteiger partial charge in [-0.3, -0.25) is 4.68 Å². The summed E-state index contributed by atoms with van der Waals surface area (Å²) in [5.74, 6) is -0.318. The van der Waals surface area contributed by atoms with E-state index < -0.39 is 0 Å². The fourth-order valence-electron chi connectivity index (χ4n) is 2.70. The Balaban J connectivity index is 1.69. The summed E-state index contributed by atoms with van der Waals surface area (Å²) in [6, 6.07) is 0. The molecule has 1 saturated carbocycles. The van der Waals surface area contributed by atoms with Crippen molar-refractivity contribution in [2.45, 2.75) is 37.9 Å². The summed E-state index contributed by atoms with van der Waals surface area (Å²) in [6.45, 7) is 0. The molecule has 2 heterocycles. The van der Waals surface area contributed by atoms with E-state index in [1.165, 1.54) is 11.3 Å². The summed E-state index contributed by atoms with van der Waals surface area (Å²) in [6.07, 6.45) is 9.01. The Bertz CT molecular complexity index is 652. The number of carbonyl (C=O) groups excluding carboxylic acids is 1. The van der Waals surface area contributed by atoms with Crippen molar-refractivity contribution in [1.29, 1.82) is 0 Å². The Kier molecular flexibility index (Phi) is 4.54. The molecule has 7 heteroatoms. The normalized spacial score (nSPS) is 21.7. The molecule has 0 aromatic carbocycles. The highest BCUT2D eigenvalue weighted by Gasteiger charge is 2.29. The van der Waals surface area contributed by atoms with Gasteiger partial charge < -0.3 is 9.47 Å². The highest BCUT2D eigenvalue weighted by molar-refractivity contribution is 7.16. The number of methoxy groups -OCH3 is 1. The predicted molar refractivity (Wildman–Crippen MR) is 82.8 cm³/mol. The van der Waals surface area contributed by atoms with E-state index in [9.17, 15) is 4.79 Å². The van der Waals surface area contributed by atoms with Crippen LogP contribution >= 0.6 is 11.3 Å². The van der Waals surface area contributed by atoms with Crippen molar-refractivity contribution < 1.29 is 14.3 Å². The minimum Gasteiger partial charge on any atom is -0.455 e. The van der Waals surface area contributed by atoms with Crippen molar-refractivity contribution >= 4 is 17.3 Å². The Morgan fingerprint density at radius 1 is 1.32 bits per heavy atom. The van der Waals surface area contributed by atoms with E-state index in [2.05, 4.69) is 10.1 Å². The van der Waals surface area contributed by atoms with Gasteiger partial charge in [-0.05, 0) is 19.3 Å². The molecule has 2 aromatic heterocycles. The molecular formula is C15H19N3O3S. The highest BCUT2D eigenvalue weighted by Crippen LogP contribution is 2.28. The lowest BCUT2D eigenvalue weighted by Gasteiger charge is -2.29. The molecule has 0 spiro atoms. The van der Waals surface area contributed by atoms with Gasteiger partial charge in [0.1, 0.15) is 16.0 Å². The monoisotopic (exact) mass is 321 g/mol. The average molecular weight is 321 g/mol. The molecule has 2 aromatic rings. The molecule has 2 atom stereocenters. The third-order valence-corrected chi connectivity index (χ3v) is 4.89. The van der Waals surface area contributed by atoms with Crippen LogP contribution in [0.5, 0.6) is 0 Å². The Labute approximate surface area is 133 Å². The van der Waals surface area contributed by atoms with E-state index in [0.717, 1.165) is 36.3 Å². The number of hydrogen-bond donors (Lipinski definition) is 0. The highest BCUT2D eigenvalue weighted by atomic mass is 32.1. The van der Waals surface area contributed by atoms with E-state index in [-0.39, 0.29) is 18.2 Å². The SMILES string of the molecule is CO[C@@H]1CCCC[C@@H]1OC(=O)c1cnc(-c2cnn(C)c2)s1. The van der Waals surface area contributed by atoms with Crippen LogP contribution in [0.15, 0.2) is 18.6 Å². The van der Waals surface area contributed by atoms with Gasteiger partial charge in [0.05, 0.1) is 18.5 Å². The minimum absolute atomic E-state index is 0.00316. The zero-order valence-corrected chi connectivity index (χ0v) is 13.5. The van der Waals surface area contributed by atoms with Crippen LogP contribution in [-0.4, -0.2) is 40.1 Å². The smallest absolute Gasteiger partial charge is 0.350 e. The summed E-state index contributed by atoms with van der Waals surface area (Å²) in [7, 11) is 3.52. The molecule has 3 rings (SSSR count). The second-order valence-corrected chi connectivity index (χ2v) is 6.47. The lowest BCUT2D eigenvalue weighted by atomic mass is 9.94. The summed E-state index contributed by atoms with van der Waals surface area (Å²) < 4.78 is 12.7. The minimum atomic E-state index is -0.318. The molecule has 118 valence electrons. The van der Waals surface area contributed by atoms with Crippen LogP contribution in [0.1, 0.15) is 35.4 Å². The molecule has 0 saturated heterocycles. The van der Waals surface area contributed by atoms with Crippen LogP contribution in [0.4, 0.5) is 0 Å². The molecular weight excluding hydrogens is 302 g/mol. The van der Waals surface area contributed by atoms with E-state index in [1.54, 1.807) is 24.2 Å². The number of nitrogens with zero attached hydrogens (tertiary/aromatic N) is 3. The number of ether oxygens (including phenoxy) is 2. The van der Waals surface area contributed by atoms with Crippen LogP contribution in [0.25, 0.3) is 10.6 Å². The first kappa shape index (κ1) is 15.2. The van der Waals surface area contributed by atoms with Gasteiger partial charge in [-0.1, -0.05) is 6.42 Å². The molecule has 0 amide bonds. The van der Waals surface area contributed by atoms with Crippen LogP contribution in [0.3, 0.4) is 0 Å². The van der Waals surface area contributed by atoms with Crippen LogP contribution in [0.2, 0.25) is 0 Å². The van der Waals surface area contributed by atoms with Gasteiger partial charge in [-0.25, -0.2) is 9.78 Å². The van der Waals surface area contributed by atoms with E-state index in [1.807, 2.05) is 13.2 Å².